The van der Waals surface area contributed by atoms with Crippen LogP contribution in [0.3, 0.4) is 0 Å². The fourth-order valence-corrected chi connectivity index (χ4v) is 1.49. The molecule has 0 aliphatic rings. The Bertz CT molecular complexity index is 443. The van der Waals surface area contributed by atoms with Crippen LogP contribution in [0.15, 0.2) is 30.3 Å². The molecule has 1 aromatic carbocycles. The van der Waals surface area contributed by atoms with Crippen LogP contribution in [0.4, 0.5) is 0 Å². The molecule has 1 rings (SSSR count). The molecule has 0 aromatic heterocycles. The average molecular weight is 264 g/mol. The lowest BCUT2D eigenvalue weighted by atomic mass is 10.1. The molecule has 3 N–H and O–H groups in total. The van der Waals surface area contributed by atoms with E-state index in [0.717, 1.165) is 5.56 Å². The minimum absolute atomic E-state index is 0.0313. The third-order valence-electron chi connectivity index (χ3n) is 2.90. The van der Waals surface area contributed by atoms with E-state index in [4.69, 9.17) is 5.11 Å². The van der Waals surface area contributed by atoms with Crippen molar-refractivity contribution in [2.75, 3.05) is 6.54 Å². The molecule has 1 aromatic rings. The van der Waals surface area contributed by atoms with Gasteiger partial charge in [0.25, 0.3) is 0 Å². The molecular weight excluding hydrogens is 244 g/mol. The lowest BCUT2D eigenvalue weighted by Gasteiger charge is -2.21. The van der Waals surface area contributed by atoms with Gasteiger partial charge in [-0.05, 0) is 26.3 Å². The van der Waals surface area contributed by atoms with Crippen molar-refractivity contribution in [3.05, 3.63) is 35.9 Å². The summed E-state index contributed by atoms with van der Waals surface area (Å²) in [6.45, 7) is 4.89. The van der Waals surface area contributed by atoms with Gasteiger partial charge in [-0.3, -0.25) is 14.9 Å². The molecule has 5 heteroatoms. The number of hydrogen-bond donors (Lipinski definition) is 3. The summed E-state index contributed by atoms with van der Waals surface area (Å²) in [5.74, 6) is -1.22. The zero-order chi connectivity index (χ0) is 14.5. The Hall–Kier alpha value is -1.88. The molecule has 1 atom stereocenters. The van der Waals surface area contributed by atoms with Gasteiger partial charge in [0.05, 0.1) is 12.6 Å². The number of benzene rings is 1. The van der Waals surface area contributed by atoms with E-state index in [1.54, 1.807) is 0 Å². The number of carboxylic acid groups (broad SMARTS) is 1. The van der Waals surface area contributed by atoms with Crippen molar-refractivity contribution in [3.8, 4) is 0 Å². The molecule has 0 saturated carbocycles. The van der Waals surface area contributed by atoms with E-state index in [2.05, 4.69) is 10.6 Å². The summed E-state index contributed by atoms with van der Waals surface area (Å²) in [6.07, 6.45) is 0. The predicted octanol–water partition coefficient (Wildman–Crippen LogP) is 1.32. The van der Waals surface area contributed by atoms with Gasteiger partial charge < -0.3 is 10.4 Å². The summed E-state index contributed by atoms with van der Waals surface area (Å²) < 4.78 is 0. The number of carboxylic acids is 1. The van der Waals surface area contributed by atoms with Gasteiger partial charge in [-0.25, -0.2) is 0 Å². The van der Waals surface area contributed by atoms with E-state index in [0.29, 0.717) is 0 Å². The highest BCUT2D eigenvalue weighted by atomic mass is 16.4. The van der Waals surface area contributed by atoms with Crippen LogP contribution in [-0.2, 0) is 9.59 Å². The van der Waals surface area contributed by atoms with Gasteiger partial charge in [0.15, 0.2) is 0 Å². The standard InChI is InChI=1S/C14H20N2O3/c1-10(11-7-5-4-6-8-11)16-12(17)9-15-14(2,3)13(18)19/h4-8,10,15H,9H2,1-3H3,(H,16,17)(H,18,19). The van der Waals surface area contributed by atoms with Crippen LogP contribution in [0.2, 0.25) is 0 Å². The van der Waals surface area contributed by atoms with Crippen LogP contribution in [0, 0.1) is 0 Å². The van der Waals surface area contributed by atoms with Crippen molar-refractivity contribution in [1.29, 1.82) is 0 Å². The van der Waals surface area contributed by atoms with Crippen LogP contribution in [0.1, 0.15) is 32.4 Å². The Balaban J connectivity index is 2.46. The number of hydrogen-bond acceptors (Lipinski definition) is 3. The molecule has 0 radical (unpaired) electrons. The van der Waals surface area contributed by atoms with E-state index >= 15 is 0 Å². The summed E-state index contributed by atoms with van der Waals surface area (Å²) in [7, 11) is 0. The Kier molecular flexibility index (Phi) is 5.06. The van der Waals surface area contributed by atoms with Crippen molar-refractivity contribution in [2.45, 2.75) is 32.4 Å². The van der Waals surface area contributed by atoms with Gasteiger partial charge in [0.2, 0.25) is 5.91 Å². The quantitative estimate of drug-likeness (QED) is 0.724. The average Bonchev–Trinajstić information content (AvgIpc) is 2.37. The second kappa shape index (κ2) is 6.33. The van der Waals surface area contributed by atoms with Gasteiger partial charge >= 0.3 is 5.97 Å². The highest BCUT2D eigenvalue weighted by Gasteiger charge is 2.27. The molecule has 5 nitrogen and oxygen atoms in total. The molecule has 1 amide bonds. The van der Waals surface area contributed by atoms with Crippen molar-refractivity contribution >= 4 is 11.9 Å². The van der Waals surface area contributed by atoms with Crippen molar-refractivity contribution in [1.82, 2.24) is 10.6 Å². The minimum atomic E-state index is -1.12. The Morgan fingerprint density at radius 3 is 2.37 bits per heavy atom. The number of amides is 1. The zero-order valence-corrected chi connectivity index (χ0v) is 11.4. The number of nitrogens with one attached hydrogen (secondary N) is 2. The minimum Gasteiger partial charge on any atom is -0.480 e. The first-order valence-electron chi connectivity index (χ1n) is 6.15. The normalized spacial score (nSPS) is 12.8. The third kappa shape index (κ3) is 4.71. The summed E-state index contributed by atoms with van der Waals surface area (Å²) in [5, 5.41) is 14.4. The fourth-order valence-electron chi connectivity index (χ4n) is 1.49. The molecule has 0 saturated heterocycles. The Morgan fingerprint density at radius 2 is 1.84 bits per heavy atom. The highest BCUT2D eigenvalue weighted by Crippen LogP contribution is 2.10. The molecular formula is C14H20N2O3. The van der Waals surface area contributed by atoms with Crippen LogP contribution >= 0.6 is 0 Å². The molecule has 19 heavy (non-hydrogen) atoms. The molecule has 0 heterocycles. The SMILES string of the molecule is CC(NC(=O)CNC(C)(C)C(=O)O)c1ccccc1. The van der Waals surface area contributed by atoms with Crippen molar-refractivity contribution in [3.63, 3.8) is 0 Å². The lowest BCUT2D eigenvalue weighted by molar-refractivity contribution is -0.143. The lowest BCUT2D eigenvalue weighted by Crippen LogP contribution is -2.50. The molecule has 0 bridgehead atoms. The monoisotopic (exact) mass is 264 g/mol. The summed E-state index contributed by atoms with van der Waals surface area (Å²) >= 11 is 0. The Labute approximate surface area is 113 Å². The van der Waals surface area contributed by atoms with Crippen LogP contribution in [0.25, 0.3) is 0 Å². The summed E-state index contributed by atoms with van der Waals surface area (Å²) in [6, 6.07) is 9.48. The first-order valence-corrected chi connectivity index (χ1v) is 6.15. The maximum absolute atomic E-state index is 11.7. The molecule has 0 fully saturated rings. The van der Waals surface area contributed by atoms with E-state index in [-0.39, 0.29) is 18.5 Å². The van der Waals surface area contributed by atoms with Gasteiger partial charge in [-0.1, -0.05) is 30.3 Å². The molecule has 104 valence electrons. The zero-order valence-electron chi connectivity index (χ0n) is 11.4. The predicted molar refractivity (Wildman–Crippen MR) is 72.7 cm³/mol. The van der Waals surface area contributed by atoms with Crippen LogP contribution in [0.5, 0.6) is 0 Å². The largest absolute Gasteiger partial charge is 0.480 e. The topological polar surface area (TPSA) is 78.4 Å². The second-order valence-electron chi connectivity index (χ2n) is 4.98. The molecule has 0 aliphatic heterocycles. The fraction of sp³-hybridized carbons (Fsp3) is 0.429. The van der Waals surface area contributed by atoms with E-state index in [1.165, 1.54) is 13.8 Å². The van der Waals surface area contributed by atoms with Crippen LogP contribution < -0.4 is 10.6 Å². The second-order valence-corrected chi connectivity index (χ2v) is 4.98. The van der Waals surface area contributed by atoms with E-state index in [9.17, 15) is 9.59 Å². The van der Waals surface area contributed by atoms with E-state index < -0.39 is 11.5 Å². The number of carbonyl (C=O) groups is 2. The molecule has 0 aliphatic carbocycles. The van der Waals surface area contributed by atoms with Gasteiger partial charge in [-0.15, -0.1) is 0 Å². The van der Waals surface area contributed by atoms with Crippen molar-refractivity contribution < 1.29 is 14.7 Å². The summed E-state index contributed by atoms with van der Waals surface area (Å²) in [4.78, 5) is 22.6. The smallest absolute Gasteiger partial charge is 0.323 e. The molecule has 0 spiro atoms. The van der Waals surface area contributed by atoms with Gasteiger partial charge in [0, 0.05) is 0 Å². The first-order chi connectivity index (χ1) is 8.83. The number of aliphatic carboxylic acids is 1. The first kappa shape index (κ1) is 15.2. The van der Waals surface area contributed by atoms with E-state index in [1.807, 2.05) is 37.3 Å². The maximum Gasteiger partial charge on any atom is 0.323 e. The summed E-state index contributed by atoms with van der Waals surface area (Å²) in [5.41, 5.74) is -0.110. The van der Waals surface area contributed by atoms with Crippen LogP contribution in [-0.4, -0.2) is 29.1 Å². The van der Waals surface area contributed by atoms with Crippen molar-refractivity contribution in [2.24, 2.45) is 0 Å². The van der Waals surface area contributed by atoms with Gasteiger partial charge in [0.1, 0.15) is 5.54 Å². The Morgan fingerprint density at radius 1 is 1.26 bits per heavy atom. The number of rotatable bonds is 6. The van der Waals surface area contributed by atoms with Gasteiger partial charge in [-0.2, -0.15) is 0 Å². The number of carbonyl (C=O) groups excluding carboxylic acids is 1. The molecule has 1 unspecified atom stereocenters. The maximum atomic E-state index is 11.7. The third-order valence-corrected chi connectivity index (χ3v) is 2.90. The highest BCUT2D eigenvalue weighted by molar-refractivity contribution is 5.81.